The zero-order valence-corrected chi connectivity index (χ0v) is 18.0. The van der Waals surface area contributed by atoms with Gasteiger partial charge in [0.25, 0.3) is 0 Å². The lowest BCUT2D eigenvalue weighted by atomic mass is 9.97. The first-order chi connectivity index (χ1) is 19.6. The molecule has 0 aliphatic carbocycles. The Morgan fingerprint density at radius 2 is 1.91 bits per heavy atom. The van der Waals surface area contributed by atoms with Crippen molar-refractivity contribution in [2.24, 2.45) is 5.73 Å². The molecule has 4 aromatic rings. The summed E-state index contributed by atoms with van der Waals surface area (Å²) in [6.07, 6.45) is 3.36. The molecule has 0 aliphatic heterocycles. The molecule has 172 valence electrons. The van der Waals surface area contributed by atoms with Crippen LogP contribution in [-0.4, -0.2) is 23.4 Å². The largest absolute Gasteiger partial charge is 0.457 e. The number of hydrogen-bond donors (Lipinski definition) is 2. The van der Waals surface area contributed by atoms with Gasteiger partial charge in [-0.05, 0) is 60.0 Å². The lowest BCUT2D eigenvalue weighted by molar-refractivity contribution is -0.117. The van der Waals surface area contributed by atoms with Crippen LogP contribution < -0.4 is 11.1 Å². The van der Waals surface area contributed by atoms with E-state index < -0.39 is 43.3 Å². The van der Waals surface area contributed by atoms with Crippen LogP contribution in [0.4, 0.5) is 5.69 Å². The van der Waals surface area contributed by atoms with Gasteiger partial charge in [0.2, 0.25) is 5.91 Å². The Balaban J connectivity index is 1.51. The molecule has 1 heterocycles. The predicted molar refractivity (Wildman–Crippen MR) is 134 cm³/mol. The summed E-state index contributed by atoms with van der Waals surface area (Å²) in [5.41, 5.74) is 5.57. The third kappa shape index (κ3) is 5.30. The maximum Gasteiger partial charge on any atom is 0.338 e. The van der Waals surface area contributed by atoms with E-state index in [1.54, 1.807) is 18.5 Å². The van der Waals surface area contributed by atoms with Crippen molar-refractivity contribution in [1.82, 2.24) is 4.98 Å². The van der Waals surface area contributed by atoms with Crippen LogP contribution in [0.2, 0.25) is 0 Å². The van der Waals surface area contributed by atoms with Crippen molar-refractivity contribution >= 4 is 28.3 Å². The normalized spacial score (nSPS) is 16.4. The number of nitrogens with one attached hydrogen (secondary N) is 1. The van der Waals surface area contributed by atoms with Gasteiger partial charge in [-0.2, -0.15) is 0 Å². The molecule has 0 spiro atoms. The van der Waals surface area contributed by atoms with Crippen LogP contribution in [0.1, 0.15) is 49.5 Å². The van der Waals surface area contributed by atoms with Crippen molar-refractivity contribution in [2.45, 2.75) is 26.2 Å². The fourth-order valence-electron chi connectivity index (χ4n) is 3.45. The highest BCUT2D eigenvalue weighted by Gasteiger charge is 2.19. The summed E-state index contributed by atoms with van der Waals surface area (Å²) in [6.45, 7) is -8.18. The van der Waals surface area contributed by atoms with E-state index in [4.69, 9.17) is 21.4 Å². The summed E-state index contributed by atoms with van der Waals surface area (Å²) in [7, 11) is 0. The van der Waals surface area contributed by atoms with Crippen molar-refractivity contribution in [3.8, 4) is 0 Å². The molecule has 3 N–H and O–H groups in total. The number of anilines is 1. The molecule has 0 bridgehead atoms. The molecular formula is C28H27N3O3. The Morgan fingerprint density at radius 3 is 2.68 bits per heavy atom. The van der Waals surface area contributed by atoms with Crippen LogP contribution in [0.25, 0.3) is 10.8 Å². The van der Waals surface area contributed by atoms with Gasteiger partial charge in [-0.1, -0.05) is 48.0 Å². The Hall–Kier alpha value is -4.03. The minimum absolute atomic E-state index is 0.0330. The number of nitrogens with two attached hydrogens (primary N) is 1. The number of fused-ring (bicyclic) bond motifs is 1. The number of rotatable bonds is 7. The maximum absolute atomic E-state index is 13.0. The molecule has 6 nitrogen and oxygen atoms in total. The summed E-state index contributed by atoms with van der Waals surface area (Å²) in [5, 5.41) is 4.65. The summed E-state index contributed by atoms with van der Waals surface area (Å²) < 4.78 is 67.4. The van der Waals surface area contributed by atoms with Crippen molar-refractivity contribution in [3.05, 3.63) is 107 Å². The van der Waals surface area contributed by atoms with Gasteiger partial charge in [0.05, 0.1) is 14.2 Å². The van der Waals surface area contributed by atoms with E-state index in [0.717, 1.165) is 29.0 Å². The second kappa shape index (κ2) is 10.3. The van der Waals surface area contributed by atoms with Crippen LogP contribution in [-0.2, 0) is 16.1 Å². The maximum atomic E-state index is 13.0. The first-order valence-corrected chi connectivity index (χ1v) is 10.4. The average molecular weight is 462 g/mol. The smallest absolute Gasteiger partial charge is 0.338 e. The van der Waals surface area contributed by atoms with E-state index in [2.05, 4.69) is 10.3 Å². The SMILES string of the molecule is [2H]C([2H])([2H])c1ccc(C(=O)OC([2H])([2H])c2ccc(C(CN)C(=O)Nc3ccc4cnccc4c3)cc2)c(C([2H])([2H])[2H])c1. The number of esters is 1. The molecule has 6 heteroatoms. The van der Waals surface area contributed by atoms with Gasteiger partial charge < -0.3 is 15.8 Å². The van der Waals surface area contributed by atoms with Crippen LogP contribution in [0.3, 0.4) is 0 Å². The zero-order valence-electron chi connectivity index (χ0n) is 26.0. The van der Waals surface area contributed by atoms with Gasteiger partial charge in [0.15, 0.2) is 0 Å². The number of benzene rings is 3. The summed E-state index contributed by atoms with van der Waals surface area (Å²) in [4.78, 5) is 30.0. The molecular weight excluding hydrogens is 426 g/mol. The standard InChI is InChI=1S/C28H27N3O3/c1-18-3-10-25(19(2)13-18)28(33)34-17-20-4-6-21(7-5-20)26(15-29)27(32)31-24-9-8-23-16-30-12-11-22(23)14-24/h3-14,16,26H,15,17,29H2,1-2H3,(H,31,32)/i1D3,2D3,17D2. The van der Waals surface area contributed by atoms with Crippen molar-refractivity contribution < 1.29 is 25.3 Å². The van der Waals surface area contributed by atoms with Gasteiger partial charge in [0, 0.05) is 38.2 Å². The number of carbonyl (C=O) groups is 2. The monoisotopic (exact) mass is 461 g/mol. The Bertz CT molecular complexity index is 1620. The second-order valence-electron chi connectivity index (χ2n) is 7.59. The molecule has 1 atom stereocenters. The van der Waals surface area contributed by atoms with Gasteiger partial charge in [-0.3, -0.25) is 9.78 Å². The van der Waals surface area contributed by atoms with Crippen molar-refractivity contribution in [1.29, 1.82) is 0 Å². The highest BCUT2D eigenvalue weighted by molar-refractivity contribution is 5.98. The highest BCUT2D eigenvalue weighted by atomic mass is 16.5. The first kappa shape index (κ1) is 15.0. The minimum atomic E-state index is -2.86. The summed E-state index contributed by atoms with van der Waals surface area (Å²) in [5.74, 6) is -2.41. The third-order valence-electron chi connectivity index (χ3n) is 5.27. The number of hydrogen-bond acceptors (Lipinski definition) is 5. The number of ether oxygens (including phenoxy) is 1. The van der Waals surface area contributed by atoms with Crippen molar-refractivity contribution in [3.63, 3.8) is 0 Å². The van der Waals surface area contributed by atoms with E-state index in [0.29, 0.717) is 11.3 Å². The molecule has 0 saturated carbocycles. The number of amides is 1. The van der Waals surface area contributed by atoms with Gasteiger partial charge in [-0.15, -0.1) is 0 Å². The summed E-state index contributed by atoms with van der Waals surface area (Å²) >= 11 is 0. The number of carbonyl (C=O) groups excluding carboxylic acids is 2. The quantitative estimate of drug-likeness (QED) is 0.382. The molecule has 3 aromatic carbocycles. The molecule has 0 aliphatic rings. The number of nitrogens with zero attached hydrogens (tertiary/aromatic N) is 1. The summed E-state index contributed by atoms with van der Waals surface area (Å²) in [6, 6.07) is 15.8. The molecule has 34 heavy (non-hydrogen) atoms. The van der Waals surface area contributed by atoms with E-state index in [1.165, 1.54) is 24.3 Å². The van der Waals surface area contributed by atoms with E-state index in [9.17, 15) is 9.59 Å². The number of aryl methyl sites for hydroxylation is 2. The van der Waals surface area contributed by atoms with Gasteiger partial charge in [0.1, 0.15) is 6.56 Å². The van der Waals surface area contributed by atoms with Gasteiger partial charge >= 0.3 is 5.97 Å². The molecule has 0 fully saturated rings. The molecule has 1 amide bonds. The third-order valence-corrected chi connectivity index (χ3v) is 5.27. The Morgan fingerprint density at radius 1 is 1.06 bits per heavy atom. The average Bonchev–Trinajstić information content (AvgIpc) is 2.92. The van der Waals surface area contributed by atoms with Gasteiger partial charge in [-0.25, -0.2) is 4.79 Å². The molecule has 4 rings (SSSR count). The van der Waals surface area contributed by atoms with Crippen LogP contribution >= 0.6 is 0 Å². The highest BCUT2D eigenvalue weighted by Crippen LogP contribution is 2.22. The molecule has 1 unspecified atom stereocenters. The predicted octanol–water partition coefficient (Wildman–Crippen LogP) is 4.89. The van der Waals surface area contributed by atoms with Crippen LogP contribution in [0.5, 0.6) is 0 Å². The molecule has 0 saturated heterocycles. The number of aromatic nitrogens is 1. The minimum Gasteiger partial charge on any atom is -0.457 e. The second-order valence-corrected chi connectivity index (χ2v) is 7.59. The molecule has 1 aromatic heterocycles. The topological polar surface area (TPSA) is 94.3 Å². The Kier molecular flexibility index (Phi) is 4.53. The van der Waals surface area contributed by atoms with Crippen LogP contribution in [0.15, 0.2) is 79.1 Å². The molecule has 0 radical (unpaired) electrons. The lowest BCUT2D eigenvalue weighted by Gasteiger charge is -2.16. The fraction of sp³-hybridized carbons (Fsp3) is 0.179. The fourth-order valence-corrected chi connectivity index (χ4v) is 3.45. The zero-order chi connectivity index (χ0) is 30.9. The lowest BCUT2D eigenvalue weighted by Crippen LogP contribution is -2.27. The van der Waals surface area contributed by atoms with Crippen molar-refractivity contribution in [2.75, 3.05) is 11.9 Å². The Labute approximate surface area is 210 Å². The van der Waals surface area contributed by atoms with E-state index in [1.807, 2.05) is 18.2 Å². The number of pyridine rings is 1. The first-order valence-electron chi connectivity index (χ1n) is 14.4. The van der Waals surface area contributed by atoms with Crippen LogP contribution in [0, 0.1) is 13.7 Å². The van der Waals surface area contributed by atoms with E-state index >= 15 is 0 Å². The van der Waals surface area contributed by atoms with E-state index in [-0.39, 0.29) is 23.6 Å².